The average molecular weight is 327 g/mol. The number of hydrogen-bond donors (Lipinski definition) is 2. The Balaban J connectivity index is 1.49. The zero-order chi connectivity index (χ0) is 16.4. The Morgan fingerprint density at radius 2 is 2.12 bits per heavy atom. The van der Waals surface area contributed by atoms with Crippen molar-refractivity contribution in [1.82, 2.24) is 26.1 Å². The highest BCUT2D eigenvalue weighted by Gasteiger charge is 2.25. The number of rotatable bonds is 4. The van der Waals surface area contributed by atoms with Gasteiger partial charge >= 0.3 is 0 Å². The molecule has 1 saturated heterocycles. The van der Waals surface area contributed by atoms with Gasteiger partial charge < -0.3 is 15.2 Å². The lowest BCUT2D eigenvalue weighted by Crippen LogP contribution is -2.29. The molecule has 1 amide bonds. The molecule has 0 aliphatic carbocycles. The second kappa shape index (κ2) is 6.40. The monoisotopic (exact) mass is 327 g/mol. The molecule has 2 N–H and O–H groups in total. The standard InChI is InChI=1S/C16H17N5O3/c22-16(12-9-23-20-14(12)10-4-6-17-7-5-10)18-8-11-2-1-3-13-15(11)21-24-19-13/h1-3,9-10,17H,4-8H2,(H,18,22). The van der Waals surface area contributed by atoms with Crippen LogP contribution in [0.2, 0.25) is 0 Å². The summed E-state index contributed by atoms with van der Waals surface area (Å²) in [5.74, 6) is 0.0622. The minimum atomic E-state index is -0.196. The van der Waals surface area contributed by atoms with Crippen molar-refractivity contribution in [2.45, 2.75) is 25.3 Å². The van der Waals surface area contributed by atoms with Gasteiger partial charge in [0, 0.05) is 18.0 Å². The summed E-state index contributed by atoms with van der Waals surface area (Å²) in [6, 6.07) is 5.55. The molecule has 0 bridgehead atoms. The number of piperidine rings is 1. The fraction of sp³-hybridized carbons (Fsp3) is 0.375. The van der Waals surface area contributed by atoms with Crippen LogP contribution in [0, 0.1) is 0 Å². The largest absolute Gasteiger partial charge is 0.364 e. The minimum Gasteiger partial charge on any atom is -0.364 e. The number of fused-ring (bicyclic) bond motifs is 1. The Labute approximate surface area is 137 Å². The Morgan fingerprint density at radius 1 is 1.25 bits per heavy atom. The predicted molar refractivity (Wildman–Crippen MR) is 84.3 cm³/mol. The molecular weight excluding hydrogens is 310 g/mol. The fourth-order valence-corrected chi connectivity index (χ4v) is 3.08. The van der Waals surface area contributed by atoms with E-state index in [4.69, 9.17) is 9.15 Å². The van der Waals surface area contributed by atoms with Crippen molar-refractivity contribution >= 4 is 16.9 Å². The first-order valence-corrected chi connectivity index (χ1v) is 7.96. The molecule has 1 aromatic carbocycles. The van der Waals surface area contributed by atoms with Crippen LogP contribution in [0.4, 0.5) is 0 Å². The second-order valence-corrected chi connectivity index (χ2v) is 5.87. The summed E-state index contributed by atoms with van der Waals surface area (Å²) in [5, 5.41) is 17.9. The molecule has 0 atom stereocenters. The molecular formula is C16H17N5O3. The van der Waals surface area contributed by atoms with E-state index in [1.54, 1.807) is 0 Å². The van der Waals surface area contributed by atoms with Crippen molar-refractivity contribution < 1.29 is 13.9 Å². The predicted octanol–water partition coefficient (Wildman–Crippen LogP) is 1.61. The molecule has 1 aliphatic heterocycles. The van der Waals surface area contributed by atoms with Gasteiger partial charge in [-0.3, -0.25) is 4.79 Å². The van der Waals surface area contributed by atoms with Crippen LogP contribution < -0.4 is 10.6 Å². The highest BCUT2D eigenvalue weighted by Crippen LogP contribution is 2.27. The van der Waals surface area contributed by atoms with E-state index in [1.165, 1.54) is 6.26 Å². The van der Waals surface area contributed by atoms with Crippen LogP contribution in [0.5, 0.6) is 0 Å². The summed E-state index contributed by atoms with van der Waals surface area (Å²) in [5.41, 5.74) is 3.42. The molecule has 4 rings (SSSR count). The third kappa shape index (κ3) is 2.76. The topological polar surface area (TPSA) is 106 Å². The van der Waals surface area contributed by atoms with E-state index in [9.17, 15) is 4.79 Å². The molecule has 1 aliphatic rings. The molecule has 3 aromatic rings. The van der Waals surface area contributed by atoms with Gasteiger partial charge in [0.25, 0.3) is 5.91 Å². The molecule has 0 saturated carbocycles. The van der Waals surface area contributed by atoms with Gasteiger partial charge in [0.2, 0.25) is 0 Å². The molecule has 0 unspecified atom stereocenters. The highest BCUT2D eigenvalue weighted by atomic mass is 16.6. The molecule has 8 nitrogen and oxygen atoms in total. The van der Waals surface area contributed by atoms with Gasteiger partial charge in [-0.1, -0.05) is 17.3 Å². The number of aromatic nitrogens is 3. The molecule has 0 radical (unpaired) electrons. The van der Waals surface area contributed by atoms with Crippen molar-refractivity contribution in [3.05, 3.63) is 41.3 Å². The molecule has 8 heteroatoms. The number of benzene rings is 1. The second-order valence-electron chi connectivity index (χ2n) is 5.87. The van der Waals surface area contributed by atoms with Crippen LogP contribution in [0.3, 0.4) is 0 Å². The summed E-state index contributed by atoms with van der Waals surface area (Å²) in [4.78, 5) is 12.5. The Morgan fingerprint density at radius 3 is 3.00 bits per heavy atom. The van der Waals surface area contributed by atoms with Crippen molar-refractivity contribution in [3.8, 4) is 0 Å². The fourth-order valence-electron chi connectivity index (χ4n) is 3.08. The lowest BCUT2D eigenvalue weighted by Gasteiger charge is -2.21. The summed E-state index contributed by atoms with van der Waals surface area (Å²) in [6.07, 6.45) is 3.33. The Bertz CT molecular complexity index is 850. The minimum absolute atomic E-state index is 0.196. The number of hydrogen-bond acceptors (Lipinski definition) is 7. The van der Waals surface area contributed by atoms with Crippen molar-refractivity contribution in [3.63, 3.8) is 0 Å². The SMILES string of the molecule is O=C(NCc1cccc2nonc12)c1conc1C1CCNCC1. The molecule has 1 fully saturated rings. The molecule has 2 aromatic heterocycles. The summed E-state index contributed by atoms with van der Waals surface area (Å²) in [7, 11) is 0. The smallest absolute Gasteiger partial charge is 0.256 e. The maximum atomic E-state index is 12.5. The lowest BCUT2D eigenvalue weighted by atomic mass is 9.92. The van der Waals surface area contributed by atoms with E-state index < -0.39 is 0 Å². The first kappa shape index (κ1) is 14.8. The third-order valence-corrected chi connectivity index (χ3v) is 4.38. The molecule has 3 heterocycles. The van der Waals surface area contributed by atoms with Gasteiger partial charge in [0.1, 0.15) is 22.9 Å². The third-order valence-electron chi connectivity index (χ3n) is 4.38. The van der Waals surface area contributed by atoms with E-state index in [2.05, 4.69) is 26.1 Å². The Hall–Kier alpha value is -2.74. The first-order valence-electron chi connectivity index (χ1n) is 7.96. The zero-order valence-electron chi connectivity index (χ0n) is 13.0. The van der Waals surface area contributed by atoms with Crippen molar-refractivity contribution in [2.24, 2.45) is 0 Å². The number of nitrogens with one attached hydrogen (secondary N) is 2. The van der Waals surface area contributed by atoms with Gasteiger partial charge in [0.15, 0.2) is 0 Å². The van der Waals surface area contributed by atoms with Gasteiger partial charge in [-0.25, -0.2) is 4.63 Å². The van der Waals surface area contributed by atoms with Crippen LogP contribution in [-0.4, -0.2) is 34.5 Å². The van der Waals surface area contributed by atoms with Gasteiger partial charge in [0.05, 0.1) is 5.69 Å². The van der Waals surface area contributed by atoms with Gasteiger partial charge in [-0.05, 0) is 42.3 Å². The zero-order valence-corrected chi connectivity index (χ0v) is 13.0. The Kier molecular flexibility index (Phi) is 3.96. The average Bonchev–Trinajstić information content (AvgIpc) is 3.29. The van der Waals surface area contributed by atoms with E-state index >= 15 is 0 Å². The first-order chi connectivity index (χ1) is 11.8. The number of amides is 1. The van der Waals surface area contributed by atoms with Gasteiger partial charge in [-0.15, -0.1) is 0 Å². The van der Waals surface area contributed by atoms with Crippen molar-refractivity contribution in [1.29, 1.82) is 0 Å². The molecule has 0 spiro atoms. The normalized spacial score (nSPS) is 15.7. The van der Waals surface area contributed by atoms with E-state index in [0.29, 0.717) is 23.1 Å². The summed E-state index contributed by atoms with van der Waals surface area (Å²) in [6.45, 7) is 2.20. The number of carbonyl (C=O) groups excluding carboxylic acids is 1. The van der Waals surface area contributed by atoms with Crippen LogP contribution >= 0.6 is 0 Å². The van der Waals surface area contributed by atoms with Crippen molar-refractivity contribution in [2.75, 3.05) is 13.1 Å². The maximum absolute atomic E-state index is 12.5. The van der Waals surface area contributed by atoms with Crippen LogP contribution in [0.1, 0.15) is 40.4 Å². The summed E-state index contributed by atoms with van der Waals surface area (Å²) >= 11 is 0. The molecule has 124 valence electrons. The van der Waals surface area contributed by atoms with E-state index in [1.807, 2.05) is 18.2 Å². The quantitative estimate of drug-likeness (QED) is 0.749. The van der Waals surface area contributed by atoms with E-state index in [0.717, 1.165) is 37.2 Å². The van der Waals surface area contributed by atoms with Crippen LogP contribution in [-0.2, 0) is 6.54 Å². The van der Waals surface area contributed by atoms with Crippen LogP contribution in [0.15, 0.2) is 33.6 Å². The lowest BCUT2D eigenvalue weighted by molar-refractivity contribution is 0.0949. The maximum Gasteiger partial charge on any atom is 0.256 e. The molecule has 24 heavy (non-hydrogen) atoms. The van der Waals surface area contributed by atoms with Gasteiger partial charge in [-0.2, -0.15) is 0 Å². The highest BCUT2D eigenvalue weighted by molar-refractivity contribution is 5.95. The number of nitrogens with zero attached hydrogens (tertiary/aromatic N) is 3. The van der Waals surface area contributed by atoms with E-state index in [-0.39, 0.29) is 11.8 Å². The number of carbonyl (C=O) groups is 1. The van der Waals surface area contributed by atoms with Crippen LogP contribution in [0.25, 0.3) is 11.0 Å². The summed E-state index contributed by atoms with van der Waals surface area (Å²) < 4.78 is 9.80.